The van der Waals surface area contributed by atoms with Crippen molar-refractivity contribution in [2.24, 2.45) is 0 Å². The van der Waals surface area contributed by atoms with Crippen LogP contribution in [0.1, 0.15) is 5.69 Å². The molecule has 102 valence electrons. The van der Waals surface area contributed by atoms with E-state index in [1.807, 2.05) is 0 Å². The van der Waals surface area contributed by atoms with Crippen molar-refractivity contribution in [1.82, 2.24) is 15.0 Å². The molecule has 0 saturated heterocycles. The lowest BCUT2D eigenvalue weighted by Gasteiger charge is -2.00. The van der Waals surface area contributed by atoms with Gasteiger partial charge in [0.05, 0.1) is 0 Å². The van der Waals surface area contributed by atoms with E-state index in [1.165, 1.54) is 12.4 Å². The van der Waals surface area contributed by atoms with Gasteiger partial charge in [-0.05, 0) is 23.8 Å². The normalized spacial score (nSPS) is 11.9. The topological polar surface area (TPSA) is 61.5 Å². The quantitative estimate of drug-likeness (QED) is 0.719. The molecule has 0 saturated carbocycles. The molecule has 1 aromatic carbocycles. The fraction of sp³-hybridized carbons (Fsp3) is 0.0769. The summed E-state index contributed by atoms with van der Waals surface area (Å²) in [6.45, 7) is 0. The molecular formula is C13H8F3N3O. The van der Waals surface area contributed by atoms with Crippen molar-refractivity contribution in [2.75, 3.05) is 0 Å². The molecule has 0 spiro atoms. The number of nitrogens with one attached hydrogen (secondary N) is 2. The van der Waals surface area contributed by atoms with Gasteiger partial charge < -0.3 is 9.97 Å². The number of rotatable bonds is 1. The van der Waals surface area contributed by atoms with E-state index in [1.54, 1.807) is 18.2 Å². The lowest BCUT2D eigenvalue weighted by atomic mass is 10.1. The molecule has 2 heterocycles. The highest BCUT2D eigenvalue weighted by Gasteiger charge is 2.32. The largest absolute Gasteiger partial charge is 0.431 e. The van der Waals surface area contributed by atoms with Crippen molar-refractivity contribution < 1.29 is 13.2 Å². The summed E-state index contributed by atoms with van der Waals surface area (Å²) in [5.74, 6) is 0. The summed E-state index contributed by atoms with van der Waals surface area (Å²) in [5, 5.41) is 0.445. The monoisotopic (exact) mass is 279 g/mol. The van der Waals surface area contributed by atoms with E-state index in [9.17, 15) is 18.0 Å². The molecule has 0 aliphatic rings. The van der Waals surface area contributed by atoms with Crippen LogP contribution in [-0.4, -0.2) is 15.0 Å². The number of fused-ring (bicyclic) bond motifs is 1. The Kier molecular flexibility index (Phi) is 2.63. The molecule has 0 amide bonds. The lowest BCUT2D eigenvalue weighted by Crippen LogP contribution is -2.07. The summed E-state index contributed by atoms with van der Waals surface area (Å²) in [5.41, 5.74) is 0.439. The summed E-state index contributed by atoms with van der Waals surface area (Å²) in [6.07, 6.45) is -1.57. The van der Waals surface area contributed by atoms with E-state index in [0.29, 0.717) is 22.0 Å². The van der Waals surface area contributed by atoms with Gasteiger partial charge in [0, 0.05) is 28.9 Å². The highest BCUT2D eigenvalue weighted by Crippen LogP contribution is 2.32. The second-order valence-electron chi connectivity index (χ2n) is 4.29. The Hall–Kier alpha value is -2.57. The van der Waals surface area contributed by atoms with E-state index >= 15 is 0 Å². The van der Waals surface area contributed by atoms with Crippen LogP contribution >= 0.6 is 0 Å². The number of halogens is 3. The van der Waals surface area contributed by atoms with Crippen LogP contribution in [0.2, 0.25) is 0 Å². The van der Waals surface area contributed by atoms with E-state index in [-0.39, 0.29) is 0 Å². The molecule has 2 N–H and O–H groups in total. The van der Waals surface area contributed by atoms with Crippen LogP contribution in [-0.2, 0) is 6.18 Å². The maximum absolute atomic E-state index is 12.6. The molecule has 3 aromatic rings. The minimum atomic E-state index is -4.40. The van der Waals surface area contributed by atoms with Gasteiger partial charge in [-0.1, -0.05) is 6.07 Å². The molecule has 0 fully saturated rings. The highest BCUT2D eigenvalue weighted by molar-refractivity contribution is 5.85. The van der Waals surface area contributed by atoms with E-state index < -0.39 is 17.6 Å². The minimum absolute atomic E-state index is 0.401. The van der Waals surface area contributed by atoms with E-state index in [2.05, 4.69) is 15.0 Å². The zero-order valence-electron chi connectivity index (χ0n) is 9.95. The summed E-state index contributed by atoms with van der Waals surface area (Å²) < 4.78 is 37.8. The zero-order valence-corrected chi connectivity index (χ0v) is 9.95. The molecular weight excluding hydrogens is 271 g/mol. The van der Waals surface area contributed by atoms with Gasteiger partial charge >= 0.3 is 11.9 Å². The van der Waals surface area contributed by atoms with Gasteiger partial charge in [0.15, 0.2) is 0 Å². The fourth-order valence-electron chi connectivity index (χ4n) is 1.96. The second kappa shape index (κ2) is 4.22. The van der Waals surface area contributed by atoms with Gasteiger partial charge in [-0.3, -0.25) is 0 Å². The molecule has 7 heteroatoms. The van der Waals surface area contributed by atoms with Crippen LogP contribution in [0.4, 0.5) is 13.2 Å². The predicted molar refractivity (Wildman–Crippen MR) is 67.2 cm³/mol. The molecule has 20 heavy (non-hydrogen) atoms. The minimum Gasteiger partial charge on any atom is -0.351 e. The third-order valence-corrected chi connectivity index (χ3v) is 2.93. The SMILES string of the molecule is O=c1ncc(-c2ccc3[nH]c(C(F)(F)F)cc3c2)c[nH]1. The van der Waals surface area contributed by atoms with Gasteiger partial charge in [0.2, 0.25) is 0 Å². The fourth-order valence-corrected chi connectivity index (χ4v) is 1.96. The average molecular weight is 279 g/mol. The van der Waals surface area contributed by atoms with Crippen molar-refractivity contribution in [2.45, 2.75) is 6.18 Å². The van der Waals surface area contributed by atoms with Crippen LogP contribution in [0.3, 0.4) is 0 Å². The standard InChI is InChI=1S/C13H8F3N3O/c14-13(15,16)11-4-8-3-7(1-2-10(8)19-11)9-5-17-12(20)18-6-9/h1-6,19H,(H,17,18,20). The molecule has 0 bridgehead atoms. The Morgan fingerprint density at radius 1 is 1.10 bits per heavy atom. The van der Waals surface area contributed by atoms with Crippen LogP contribution in [0, 0.1) is 0 Å². The van der Waals surface area contributed by atoms with Gasteiger partial charge in [0.25, 0.3) is 0 Å². The maximum atomic E-state index is 12.6. The Labute approximate surface area is 110 Å². The smallest absolute Gasteiger partial charge is 0.351 e. The first-order valence-corrected chi connectivity index (χ1v) is 5.68. The van der Waals surface area contributed by atoms with E-state index in [0.717, 1.165) is 6.07 Å². The Bertz CT molecular complexity index is 812. The highest BCUT2D eigenvalue weighted by atomic mass is 19.4. The molecule has 0 radical (unpaired) electrons. The van der Waals surface area contributed by atoms with Crippen molar-refractivity contribution in [1.29, 1.82) is 0 Å². The van der Waals surface area contributed by atoms with Gasteiger partial charge in [-0.25, -0.2) is 9.78 Å². The first-order chi connectivity index (χ1) is 9.43. The zero-order chi connectivity index (χ0) is 14.3. The summed E-state index contributed by atoms with van der Waals surface area (Å²) in [4.78, 5) is 19.2. The Balaban J connectivity index is 2.11. The summed E-state index contributed by atoms with van der Waals surface area (Å²) in [6, 6.07) is 5.88. The average Bonchev–Trinajstić information content (AvgIpc) is 2.82. The maximum Gasteiger partial charge on any atom is 0.431 e. The molecule has 4 nitrogen and oxygen atoms in total. The lowest BCUT2D eigenvalue weighted by molar-refractivity contribution is -0.140. The van der Waals surface area contributed by atoms with Crippen LogP contribution in [0.5, 0.6) is 0 Å². The number of nitrogens with zero attached hydrogens (tertiary/aromatic N) is 1. The number of hydrogen-bond donors (Lipinski definition) is 2. The number of aromatic nitrogens is 3. The van der Waals surface area contributed by atoms with Crippen molar-refractivity contribution in [3.63, 3.8) is 0 Å². The van der Waals surface area contributed by atoms with Gasteiger partial charge in [-0.15, -0.1) is 0 Å². The molecule has 0 atom stereocenters. The molecule has 2 aromatic heterocycles. The number of H-pyrrole nitrogens is 2. The van der Waals surface area contributed by atoms with Crippen molar-refractivity contribution in [3.05, 3.63) is 52.8 Å². The van der Waals surface area contributed by atoms with Crippen LogP contribution in [0.25, 0.3) is 22.0 Å². The number of aromatic amines is 2. The first-order valence-electron chi connectivity index (χ1n) is 5.68. The van der Waals surface area contributed by atoms with Crippen molar-refractivity contribution in [3.8, 4) is 11.1 Å². The molecule has 0 unspecified atom stereocenters. The first kappa shape index (κ1) is 12.5. The molecule has 0 aliphatic carbocycles. The van der Waals surface area contributed by atoms with Gasteiger partial charge in [-0.2, -0.15) is 13.2 Å². The number of hydrogen-bond acceptors (Lipinski definition) is 2. The van der Waals surface area contributed by atoms with E-state index in [4.69, 9.17) is 0 Å². The number of alkyl halides is 3. The molecule has 3 rings (SSSR count). The van der Waals surface area contributed by atoms with Crippen molar-refractivity contribution >= 4 is 10.9 Å². The third-order valence-electron chi connectivity index (χ3n) is 2.93. The van der Waals surface area contributed by atoms with Crippen LogP contribution < -0.4 is 5.69 Å². The second-order valence-corrected chi connectivity index (χ2v) is 4.29. The summed E-state index contributed by atoms with van der Waals surface area (Å²) in [7, 11) is 0. The molecule has 0 aliphatic heterocycles. The number of benzene rings is 1. The predicted octanol–water partition coefficient (Wildman–Crippen LogP) is 2.94. The summed E-state index contributed by atoms with van der Waals surface area (Å²) >= 11 is 0. The Morgan fingerprint density at radius 2 is 1.90 bits per heavy atom. The Morgan fingerprint density at radius 3 is 2.55 bits per heavy atom. The van der Waals surface area contributed by atoms with Crippen LogP contribution in [0.15, 0.2) is 41.5 Å². The third kappa shape index (κ3) is 2.18. The van der Waals surface area contributed by atoms with Gasteiger partial charge in [0.1, 0.15) is 5.69 Å².